The zero-order chi connectivity index (χ0) is 19.5. The van der Waals surface area contributed by atoms with E-state index in [2.05, 4.69) is 28.2 Å². The van der Waals surface area contributed by atoms with Gasteiger partial charge >= 0.3 is 0 Å². The number of hydrogen-bond donors (Lipinski definition) is 2. The highest BCUT2D eigenvalue weighted by Gasteiger charge is 2.22. The van der Waals surface area contributed by atoms with E-state index in [9.17, 15) is 4.79 Å². The third-order valence-corrected chi connectivity index (χ3v) is 5.08. The maximum atomic E-state index is 12.1. The van der Waals surface area contributed by atoms with Gasteiger partial charge in [-0.05, 0) is 49.0 Å². The molecule has 0 radical (unpaired) electrons. The van der Waals surface area contributed by atoms with Crippen molar-refractivity contribution in [1.29, 1.82) is 0 Å². The van der Waals surface area contributed by atoms with Gasteiger partial charge in [-0.25, -0.2) is 4.98 Å². The van der Waals surface area contributed by atoms with Gasteiger partial charge in [0, 0.05) is 12.0 Å². The van der Waals surface area contributed by atoms with Crippen LogP contribution in [0, 0.1) is 0 Å². The summed E-state index contributed by atoms with van der Waals surface area (Å²) in [7, 11) is 0. The molecule has 0 atom stereocenters. The molecule has 2 aromatic rings. The van der Waals surface area contributed by atoms with Crippen molar-refractivity contribution in [1.82, 2.24) is 9.97 Å². The Hall–Kier alpha value is -3.02. The van der Waals surface area contributed by atoms with Gasteiger partial charge in [-0.2, -0.15) is 0 Å². The number of amides is 1. The minimum Gasteiger partial charge on any atom is -0.498 e. The van der Waals surface area contributed by atoms with Crippen LogP contribution in [0.2, 0.25) is 0 Å². The summed E-state index contributed by atoms with van der Waals surface area (Å²) in [6.45, 7) is 3.33. The van der Waals surface area contributed by atoms with Crippen LogP contribution in [0.1, 0.15) is 54.9 Å². The molecule has 0 saturated heterocycles. The van der Waals surface area contributed by atoms with Crippen LogP contribution in [0.3, 0.4) is 0 Å². The van der Waals surface area contributed by atoms with Crippen LogP contribution in [0.15, 0.2) is 42.0 Å². The average molecular weight is 379 g/mol. The fraction of sp³-hybridized carbons (Fsp3) is 0.364. The molecule has 1 aromatic carbocycles. The van der Waals surface area contributed by atoms with E-state index in [1.54, 1.807) is 6.33 Å². The van der Waals surface area contributed by atoms with E-state index in [0.29, 0.717) is 29.0 Å². The monoisotopic (exact) mass is 379 g/mol. The van der Waals surface area contributed by atoms with Crippen molar-refractivity contribution in [3.05, 3.63) is 53.1 Å². The number of ether oxygens (including phenoxy) is 2. The van der Waals surface area contributed by atoms with E-state index in [0.717, 1.165) is 55.6 Å². The third-order valence-electron chi connectivity index (χ3n) is 5.08. The first-order valence-electron chi connectivity index (χ1n) is 9.85. The van der Waals surface area contributed by atoms with Gasteiger partial charge in [0.05, 0.1) is 36.3 Å². The molecule has 0 saturated carbocycles. The molecule has 3 N–H and O–H groups in total. The second kappa shape index (κ2) is 7.92. The second-order valence-electron chi connectivity index (χ2n) is 7.08. The summed E-state index contributed by atoms with van der Waals surface area (Å²) >= 11 is 0. The summed E-state index contributed by atoms with van der Waals surface area (Å²) in [5.41, 5.74) is 10.5. The molecule has 6 heteroatoms. The third kappa shape index (κ3) is 3.42. The summed E-state index contributed by atoms with van der Waals surface area (Å²) < 4.78 is 11.8. The molecule has 0 bridgehead atoms. The highest BCUT2D eigenvalue weighted by Crippen LogP contribution is 2.36. The maximum Gasteiger partial charge on any atom is 0.254 e. The van der Waals surface area contributed by atoms with Gasteiger partial charge in [0.1, 0.15) is 11.3 Å². The number of aromatic amines is 1. The Labute approximate surface area is 164 Å². The fourth-order valence-electron chi connectivity index (χ4n) is 3.78. The van der Waals surface area contributed by atoms with Crippen molar-refractivity contribution in [2.75, 3.05) is 13.2 Å². The Kier molecular flexibility index (Phi) is 5.19. The van der Waals surface area contributed by atoms with Gasteiger partial charge in [0.25, 0.3) is 5.91 Å². The minimum absolute atomic E-state index is 0.348. The predicted molar refractivity (Wildman–Crippen MR) is 109 cm³/mol. The van der Waals surface area contributed by atoms with E-state index >= 15 is 0 Å². The molecule has 1 aliphatic carbocycles. The number of fused-ring (bicyclic) bond motifs is 1. The van der Waals surface area contributed by atoms with Crippen molar-refractivity contribution in [2.45, 2.75) is 39.0 Å². The number of carbonyl (C=O) groups is 1. The van der Waals surface area contributed by atoms with Crippen LogP contribution in [0.4, 0.5) is 0 Å². The van der Waals surface area contributed by atoms with Crippen LogP contribution >= 0.6 is 0 Å². The smallest absolute Gasteiger partial charge is 0.254 e. The largest absolute Gasteiger partial charge is 0.498 e. The molecule has 0 fully saturated rings. The van der Waals surface area contributed by atoms with E-state index in [1.165, 1.54) is 5.57 Å². The highest BCUT2D eigenvalue weighted by atomic mass is 16.5. The first-order valence-corrected chi connectivity index (χ1v) is 9.85. The second-order valence-corrected chi connectivity index (χ2v) is 7.08. The summed E-state index contributed by atoms with van der Waals surface area (Å²) in [5, 5.41) is 0. The Bertz CT molecular complexity index is 998. The topological polar surface area (TPSA) is 90.2 Å². The zero-order valence-electron chi connectivity index (χ0n) is 16.1. The van der Waals surface area contributed by atoms with Crippen molar-refractivity contribution in [3.8, 4) is 5.75 Å². The van der Waals surface area contributed by atoms with Gasteiger partial charge in [-0.15, -0.1) is 0 Å². The molecule has 1 aromatic heterocycles. The number of aromatic nitrogens is 2. The lowest BCUT2D eigenvalue weighted by molar-refractivity contribution is 0.0998. The van der Waals surface area contributed by atoms with Crippen LogP contribution < -0.4 is 10.5 Å². The lowest BCUT2D eigenvalue weighted by atomic mass is 9.93. The SMILES string of the molecule is CCCOc1cc(C2=C\C3=C(CC/C=C\2)OCCC3)c2nc[nH]c2c1C(N)=O. The first-order chi connectivity index (χ1) is 13.7. The molecule has 4 rings (SSSR count). The average Bonchev–Trinajstić information content (AvgIpc) is 3.15. The number of H-pyrrole nitrogens is 1. The van der Waals surface area contributed by atoms with Gasteiger partial charge in [-0.3, -0.25) is 4.79 Å². The van der Waals surface area contributed by atoms with Crippen molar-refractivity contribution in [2.24, 2.45) is 5.73 Å². The molecule has 0 spiro atoms. The molecule has 1 amide bonds. The van der Waals surface area contributed by atoms with Crippen molar-refractivity contribution in [3.63, 3.8) is 0 Å². The van der Waals surface area contributed by atoms with Crippen LogP contribution in [-0.4, -0.2) is 29.1 Å². The minimum atomic E-state index is -0.528. The van der Waals surface area contributed by atoms with E-state index in [-0.39, 0.29) is 0 Å². The summed E-state index contributed by atoms with van der Waals surface area (Å²) in [6, 6.07) is 1.89. The molecule has 28 heavy (non-hydrogen) atoms. The number of rotatable bonds is 5. The number of imidazole rings is 1. The fourth-order valence-corrected chi connectivity index (χ4v) is 3.78. The summed E-state index contributed by atoms with van der Waals surface area (Å²) in [6.07, 6.45) is 12.8. The Morgan fingerprint density at radius 3 is 3.11 bits per heavy atom. The molecular formula is C22H25N3O3. The van der Waals surface area contributed by atoms with Crippen molar-refractivity contribution >= 4 is 22.5 Å². The van der Waals surface area contributed by atoms with Gasteiger partial charge in [0.2, 0.25) is 0 Å². The first kappa shape index (κ1) is 18.3. The molecule has 2 aliphatic rings. The Morgan fingerprint density at radius 2 is 2.29 bits per heavy atom. The van der Waals surface area contributed by atoms with Crippen molar-refractivity contribution < 1.29 is 14.3 Å². The maximum absolute atomic E-state index is 12.1. The Morgan fingerprint density at radius 1 is 1.39 bits per heavy atom. The number of benzene rings is 1. The molecular weight excluding hydrogens is 354 g/mol. The van der Waals surface area contributed by atoms with E-state index in [1.807, 2.05) is 13.0 Å². The normalized spacial score (nSPS) is 19.8. The standard InChI is InChI=1S/C22H25N3O3/c1-2-9-27-18-12-16(20-21(25-13-24-20)19(18)22(23)26)14-6-3-4-8-17-15(11-14)7-5-10-28-17/h3,6,11-13H,2,4-5,7-10H2,1H3,(H2,23,26)(H,24,25)/b6-3-,14-11-. The number of hydrogen-bond acceptors (Lipinski definition) is 4. The number of nitrogens with two attached hydrogens (primary N) is 1. The lowest BCUT2D eigenvalue weighted by Gasteiger charge is -2.21. The lowest BCUT2D eigenvalue weighted by Crippen LogP contribution is -2.15. The number of nitrogens with zero attached hydrogens (tertiary/aromatic N) is 1. The zero-order valence-corrected chi connectivity index (χ0v) is 16.1. The number of carbonyl (C=O) groups excluding carboxylic acids is 1. The molecule has 146 valence electrons. The predicted octanol–water partition coefficient (Wildman–Crippen LogP) is 4.25. The van der Waals surface area contributed by atoms with Gasteiger partial charge in [-0.1, -0.05) is 19.1 Å². The van der Waals surface area contributed by atoms with Crippen LogP contribution in [0.25, 0.3) is 16.6 Å². The van der Waals surface area contributed by atoms with E-state index in [4.69, 9.17) is 15.2 Å². The molecule has 0 unspecified atom stereocenters. The quantitative estimate of drug-likeness (QED) is 0.813. The number of allylic oxidation sites excluding steroid dienone is 6. The van der Waals surface area contributed by atoms with E-state index < -0.39 is 5.91 Å². The molecule has 2 heterocycles. The van der Waals surface area contributed by atoms with Gasteiger partial charge in [0.15, 0.2) is 0 Å². The van der Waals surface area contributed by atoms with Crippen LogP contribution in [-0.2, 0) is 4.74 Å². The summed E-state index contributed by atoms with van der Waals surface area (Å²) in [5.74, 6) is 1.05. The molecule has 6 nitrogen and oxygen atoms in total. The Balaban J connectivity index is 1.91. The number of nitrogens with one attached hydrogen (secondary N) is 1. The molecule has 1 aliphatic heterocycles. The number of primary amides is 1. The highest BCUT2D eigenvalue weighted by molar-refractivity contribution is 6.09. The van der Waals surface area contributed by atoms with Gasteiger partial charge < -0.3 is 20.2 Å². The summed E-state index contributed by atoms with van der Waals surface area (Å²) in [4.78, 5) is 19.7. The van der Waals surface area contributed by atoms with Crippen LogP contribution in [0.5, 0.6) is 5.75 Å².